The van der Waals surface area contributed by atoms with E-state index in [0.717, 1.165) is 25.2 Å². The molecular formula is C17H25NO3. The predicted octanol–water partition coefficient (Wildman–Crippen LogP) is 3.01. The second-order valence-electron chi connectivity index (χ2n) is 5.78. The lowest BCUT2D eigenvalue weighted by molar-refractivity contribution is 0.112. The first kappa shape index (κ1) is 15.8. The number of benzene rings is 1. The summed E-state index contributed by atoms with van der Waals surface area (Å²) in [7, 11) is 1.59. The van der Waals surface area contributed by atoms with Crippen molar-refractivity contribution in [2.45, 2.75) is 26.2 Å². The molecule has 0 radical (unpaired) electrons. The van der Waals surface area contributed by atoms with E-state index >= 15 is 0 Å². The number of methoxy groups -OCH3 is 1. The van der Waals surface area contributed by atoms with Crippen LogP contribution in [0.4, 0.5) is 0 Å². The molecule has 1 saturated heterocycles. The van der Waals surface area contributed by atoms with E-state index in [4.69, 9.17) is 9.47 Å². The molecule has 4 heteroatoms. The van der Waals surface area contributed by atoms with Gasteiger partial charge in [0.25, 0.3) is 0 Å². The zero-order chi connectivity index (χ0) is 15.1. The van der Waals surface area contributed by atoms with Gasteiger partial charge in [-0.05, 0) is 49.9 Å². The average molecular weight is 291 g/mol. The summed E-state index contributed by atoms with van der Waals surface area (Å²) in [5.74, 6) is 2.14. The van der Waals surface area contributed by atoms with Gasteiger partial charge in [-0.25, -0.2) is 0 Å². The average Bonchev–Trinajstić information content (AvgIpc) is 2.51. The molecular weight excluding hydrogens is 266 g/mol. The quantitative estimate of drug-likeness (QED) is 0.572. The molecule has 0 amide bonds. The summed E-state index contributed by atoms with van der Waals surface area (Å²) in [6, 6.07) is 5.25. The molecule has 1 aromatic carbocycles. The molecule has 1 aliphatic heterocycles. The third kappa shape index (κ3) is 4.74. The Morgan fingerprint density at radius 1 is 1.38 bits per heavy atom. The van der Waals surface area contributed by atoms with Crippen LogP contribution in [-0.4, -0.2) is 44.5 Å². The van der Waals surface area contributed by atoms with Gasteiger partial charge in [-0.15, -0.1) is 0 Å². The van der Waals surface area contributed by atoms with Crippen LogP contribution in [0.25, 0.3) is 0 Å². The van der Waals surface area contributed by atoms with Crippen LogP contribution in [0.2, 0.25) is 0 Å². The van der Waals surface area contributed by atoms with E-state index < -0.39 is 0 Å². The number of nitrogens with zero attached hydrogens (tertiary/aromatic N) is 1. The van der Waals surface area contributed by atoms with Gasteiger partial charge in [0.05, 0.1) is 13.7 Å². The third-order valence-corrected chi connectivity index (χ3v) is 3.94. The van der Waals surface area contributed by atoms with Gasteiger partial charge in [-0.2, -0.15) is 0 Å². The van der Waals surface area contributed by atoms with Gasteiger partial charge in [0.1, 0.15) is 6.29 Å². The molecule has 1 atom stereocenters. The van der Waals surface area contributed by atoms with Crippen molar-refractivity contribution >= 4 is 6.29 Å². The standard InChI is InChI=1S/C17H25NO3/c1-14-5-3-8-18(12-14)9-4-10-21-16-7-6-15(13-19)11-17(16)20-2/h6-7,11,13-14H,3-5,8-10,12H2,1-2H3/t14-/m0/s1. The number of ether oxygens (including phenoxy) is 2. The minimum absolute atomic E-state index is 0.599. The van der Waals surface area contributed by atoms with E-state index in [1.807, 2.05) is 0 Å². The Morgan fingerprint density at radius 2 is 2.24 bits per heavy atom. The van der Waals surface area contributed by atoms with Gasteiger partial charge >= 0.3 is 0 Å². The van der Waals surface area contributed by atoms with Crippen molar-refractivity contribution in [1.29, 1.82) is 0 Å². The Morgan fingerprint density at radius 3 is 2.95 bits per heavy atom. The van der Waals surface area contributed by atoms with Crippen molar-refractivity contribution in [3.63, 3.8) is 0 Å². The molecule has 1 aliphatic rings. The fourth-order valence-corrected chi connectivity index (χ4v) is 2.84. The van der Waals surface area contributed by atoms with Crippen LogP contribution < -0.4 is 9.47 Å². The second-order valence-corrected chi connectivity index (χ2v) is 5.78. The van der Waals surface area contributed by atoms with Crippen molar-refractivity contribution in [2.75, 3.05) is 33.4 Å². The van der Waals surface area contributed by atoms with E-state index in [9.17, 15) is 4.79 Å². The maximum Gasteiger partial charge on any atom is 0.161 e. The Kier molecular flexibility index (Phi) is 6.05. The Balaban J connectivity index is 1.76. The van der Waals surface area contributed by atoms with Crippen LogP contribution in [0.3, 0.4) is 0 Å². The molecule has 1 aromatic rings. The highest BCUT2D eigenvalue weighted by atomic mass is 16.5. The summed E-state index contributed by atoms with van der Waals surface area (Å²) in [5.41, 5.74) is 0.599. The third-order valence-electron chi connectivity index (χ3n) is 3.94. The maximum atomic E-state index is 10.7. The Hall–Kier alpha value is -1.55. The van der Waals surface area contributed by atoms with Crippen LogP contribution >= 0.6 is 0 Å². The fourth-order valence-electron chi connectivity index (χ4n) is 2.84. The smallest absolute Gasteiger partial charge is 0.161 e. The molecule has 4 nitrogen and oxygen atoms in total. The van der Waals surface area contributed by atoms with Crippen molar-refractivity contribution < 1.29 is 14.3 Å². The van der Waals surface area contributed by atoms with E-state index in [0.29, 0.717) is 23.7 Å². The van der Waals surface area contributed by atoms with Gasteiger partial charge in [0.15, 0.2) is 11.5 Å². The summed E-state index contributed by atoms with van der Waals surface area (Å²) >= 11 is 0. The van der Waals surface area contributed by atoms with Gasteiger partial charge < -0.3 is 14.4 Å². The zero-order valence-electron chi connectivity index (χ0n) is 13.0. The molecule has 0 spiro atoms. The first-order chi connectivity index (χ1) is 10.2. The zero-order valence-corrected chi connectivity index (χ0v) is 13.0. The fraction of sp³-hybridized carbons (Fsp3) is 0.588. The van der Waals surface area contributed by atoms with Crippen molar-refractivity contribution in [3.8, 4) is 11.5 Å². The van der Waals surface area contributed by atoms with Crippen molar-refractivity contribution in [3.05, 3.63) is 23.8 Å². The number of carbonyl (C=O) groups is 1. The molecule has 0 N–H and O–H groups in total. The minimum Gasteiger partial charge on any atom is -0.493 e. The lowest BCUT2D eigenvalue weighted by Crippen LogP contribution is -2.35. The molecule has 0 saturated carbocycles. The molecule has 116 valence electrons. The van der Waals surface area contributed by atoms with Crippen LogP contribution in [0, 0.1) is 5.92 Å². The summed E-state index contributed by atoms with van der Waals surface area (Å²) in [6.45, 7) is 6.49. The van der Waals surface area contributed by atoms with Gasteiger partial charge in [-0.1, -0.05) is 6.92 Å². The Labute approximate surface area is 127 Å². The van der Waals surface area contributed by atoms with Crippen LogP contribution in [0.15, 0.2) is 18.2 Å². The number of carbonyl (C=O) groups excluding carboxylic acids is 1. The second kappa shape index (κ2) is 8.03. The van der Waals surface area contributed by atoms with Gasteiger partial charge in [0, 0.05) is 18.7 Å². The first-order valence-corrected chi connectivity index (χ1v) is 7.71. The number of hydrogen-bond acceptors (Lipinski definition) is 4. The number of piperidine rings is 1. The van der Waals surface area contributed by atoms with E-state index in [1.54, 1.807) is 25.3 Å². The number of aldehydes is 1. The van der Waals surface area contributed by atoms with Crippen LogP contribution in [0.5, 0.6) is 11.5 Å². The Bertz CT molecular complexity index is 461. The molecule has 2 rings (SSSR count). The van der Waals surface area contributed by atoms with E-state index in [2.05, 4.69) is 11.8 Å². The molecule has 1 fully saturated rings. The SMILES string of the molecule is COc1cc(C=O)ccc1OCCCN1CCC[C@H](C)C1. The predicted molar refractivity (Wildman–Crippen MR) is 83.3 cm³/mol. The highest BCUT2D eigenvalue weighted by Gasteiger charge is 2.15. The lowest BCUT2D eigenvalue weighted by Gasteiger charge is -2.30. The normalized spacial score (nSPS) is 19.2. The lowest BCUT2D eigenvalue weighted by atomic mass is 10.0. The van der Waals surface area contributed by atoms with E-state index in [1.165, 1.54) is 25.9 Å². The van der Waals surface area contributed by atoms with Gasteiger partial charge in [-0.3, -0.25) is 4.79 Å². The number of rotatable bonds is 7. The van der Waals surface area contributed by atoms with Crippen LogP contribution in [0.1, 0.15) is 36.5 Å². The highest BCUT2D eigenvalue weighted by molar-refractivity contribution is 5.76. The number of hydrogen-bond donors (Lipinski definition) is 0. The van der Waals surface area contributed by atoms with Crippen molar-refractivity contribution in [1.82, 2.24) is 4.90 Å². The summed E-state index contributed by atoms with van der Waals surface area (Å²) < 4.78 is 11.0. The summed E-state index contributed by atoms with van der Waals surface area (Å²) in [6.07, 6.45) is 4.48. The topological polar surface area (TPSA) is 38.8 Å². The molecule has 0 aliphatic carbocycles. The summed E-state index contributed by atoms with van der Waals surface area (Å²) in [4.78, 5) is 13.3. The van der Waals surface area contributed by atoms with Crippen molar-refractivity contribution in [2.24, 2.45) is 5.92 Å². The number of likely N-dealkylation sites (tertiary alicyclic amines) is 1. The largest absolute Gasteiger partial charge is 0.493 e. The van der Waals surface area contributed by atoms with Crippen LogP contribution in [-0.2, 0) is 0 Å². The minimum atomic E-state index is 0.599. The van der Waals surface area contributed by atoms with Gasteiger partial charge in [0.2, 0.25) is 0 Å². The summed E-state index contributed by atoms with van der Waals surface area (Å²) in [5, 5.41) is 0. The first-order valence-electron chi connectivity index (χ1n) is 7.71. The molecule has 0 unspecified atom stereocenters. The maximum absolute atomic E-state index is 10.7. The molecule has 0 bridgehead atoms. The monoisotopic (exact) mass is 291 g/mol. The van der Waals surface area contributed by atoms with E-state index in [-0.39, 0.29) is 0 Å². The molecule has 0 aromatic heterocycles. The molecule has 1 heterocycles. The highest BCUT2D eigenvalue weighted by Crippen LogP contribution is 2.27. The molecule has 21 heavy (non-hydrogen) atoms.